The summed E-state index contributed by atoms with van der Waals surface area (Å²) in [4.78, 5) is 0. The Hall–Kier alpha value is -4.32. The third kappa shape index (κ3) is 2.81. The maximum atomic E-state index is 11.0. The van der Waals surface area contributed by atoms with Gasteiger partial charge in [-0.05, 0) is 58.7 Å². The van der Waals surface area contributed by atoms with E-state index in [9.17, 15) is 30.6 Å². The molecule has 2 bridgehead atoms. The van der Waals surface area contributed by atoms with Gasteiger partial charge in [0.05, 0.1) is 0 Å². The van der Waals surface area contributed by atoms with Crippen molar-refractivity contribution in [2.45, 2.75) is 23.7 Å². The molecule has 0 aliphatic heterocycles. The van der Waals surface area contributed by atoms with Gasteiger partial charge in [0, 0.05) is 46.9 Å². The minimum absolute atomic E-state index is 0.0496. The predicted octanol–water partition coefficient (Wildman–Crippen LogP) is 5.08. The lowest BCUT2D eigenvalue weighted by Crippen LogP contribution is -2.26. The molecule has 2 aliphatic carbocycles. The third-order valence-corrected chi connectivity index (χ3v) is 7.30. The van der Waals surface area contributed by atoms with Crippen LogP contribution in [-0.2, 0) is 0 Å². The lowest BCUT2D eigenvalue weighted by molar-refractivity contribution is 0.406. The highest BCUT2D eigenvalue weighted by molar-refractivity contribution is 5.68. The Morgan fingerprint density at radius 3 is 1.44 bits per heavy atom. The second-order valence-corrected chi connectivity index (χ2v) is 9.13. The van der Waals surface area contributed by atoms with E-state index in [1.165, 1.54) is 12.1 Å². The van der Waals surface area contributed by atoms with E-state index in [2.05, 4.69) is 0 Å². The molecule has 0 aromatic heterocycles. The van der Waals surface area contributed by atoms with Crippen LogP contribution in [0.15, 0.2) is 72.8 Å². The van der Waals surface area contributed by atoms with Crippen molar-refractivity contribution >= 4 is 0 Å². The fourth-order valence-electron chi connectivity index (χ4n) is 6.15. The normalized spacial score (nSPS) is 22.2. The van der Waals surface area contributed by atoms with Crippen LogP contribution >= 0.6 is 0 Å². The zero-order valence-electron chi connectivity index (χ0n) is 17.9. The first-order valence-corrected chi connectivity index (χ1v) is 11.0. The van der Waals surface area contributed by atoms with Crippen molar-refractivity contribution in [2.75, 3.05) is 0 Å². The minimum atomic E-state index is -0.397. The van der Waals surface area contributed by atoms with Crippen molar-refractivity contribution in [1.82, 2.24) is 0 Å². The number of fused-ring (bicyclic) bond motifs is 7. The quantitative estimate of drug-likeness (QED) is 0.251. The lowest BCUT2D eigenvalue weighted by atomic mass is 9.63. The van der Waals surface area contributed by atoms with Crippen LogP contribution in [0.2, 0.25) is 0 Å². The van der Waals surface area contributed by atoms with E-state index < -0.39 is 11.8 Å². The smallest absolute Gasteiger partial charge is 0.123 e. The summed E-state index contributed by atoms with van der Waals surface area (Å²) < 4.78 is 0. The monoisotopic (exact) mass is 454 g/mol. The van der Waals surface area contributed by atoms with Gasteiger partial charge in [-0.25, -0.2) is 0 Å². The molecule has 1 unspecified atom stereocenters. The van der Waals surface area contributed by atoms with Gasteiger partial charge in [0.15, 0.2) is 0 Å². The van der Waals surface area contributed by atoms with Gasteiger partial charge in [-0.15, -0.1) is 0 Å². The van der Waals surface area contributed by atoms with Crippen molar-refractivity contribution in [3.63, 3.8) is 0 Å². The summed E-state index contributed by atoms with van der Waals surface area (Å²) in [7, 11) is 0. The predicted molar refractivity (Wildman–Crippen MR) is 125 cm³/mol. The summed E-state index contributed by atoms with van der Waals surface area (Å²) in [6.07, 6.45) is 0. The van der Waals surface area contributed by atoms with Crippen molar-refractivity contribution in [1.29, 1.82) is 0 Å². The summed E-state index contributed by atoms with van der Waals surface area (Å²) in [5.41, 5.74) is 4.48. The van der Waals surface area contributed by atoms with E-state index in [0.717, 1.165) is 16.7 Å². The Balaban J connectivity index is 1.72. The summed E-state index contributed by atoms with van der Waals surface area (Å²) in [6.45, 7) is 0. The van der Waals surface area contributed by atoms with Crippen LogP contribution in [0.4, 0.5) is 0 Å². The number of hydrogen-bond acceptors (Lipinski definition) is 6. The second-order valence-electron chi connectivity index (χ2n) is 9.13. The van der Waals surface area contributed by atoms with E-state index in [0.29, 0.717) is 16.7 Å². The first kappa shape index (κ1) is 20.3. The molecule has 6 nitrogen and oxygen atoms in total. The molecule has 4 aromatic carbocycles. The van der Waals surface area contributed by atoms with Gasteiger partial charge in [0.1, 0.15) is 34.5 Å². The number of aromatic hydroxyl groups is 6. The zero-order valence-corrected chi connectivity index (χ0v) is 17.9. The molecule has 0 spiro atoms. The molecule has 0 fully saturated rings. The average molecular weight is 454 g/mol. The summed E-state index contributed by atoms with van der Waals surface area (Å²) >= 11 is 0. The molecule has 0 amide bonds. The first-order valence-electron chi connectivity index (χ1n) is 11.0. The minimum Gasteiger partial charge on any atom is -0.508 e. The number of phenolic OH excluding ortho intramolecular Hbond substituents is 6. The second kappa shape index (κ2) is 7.09. The van der Waals surface area contributed by atoms with E-state index in [-0.39, 0.29) is 46.3 Å². The molecule has 6 heteroatoms. The van der Waals surface area contributed by atoms with E-state index in [4.69, 9.17) is 0 Å². The molecule has 34 heavy (non-hydrogen) atoms. The average Bonchev–Trinajstić information content (AvgIpc) is 3.05. The molecular formula is C28H22O6. The highest BCUT2D eigenvalue weighted by Gasteiger charge is 2.53. The van der Waals surface area contributed by atoms with Crippen LogP contribution in [0.5, 0.6) is 34.5 Å². The van der Waals surface area contributed by atoms with Crippen LogP contribution in [0, 0.1) is 0 Å². The van der Waals surface area contributed by atoms with Gasteiger partial charge < -0.3 is 30.6 Å². The van der Waals surface area contributed by atoms with Gasteiger partial charge in [-0.1, -0.05) is 24.3 Å². The molecule has 6 N–H and O–H groups in total. The van der Waals surface area contributed by atoms with Crippen molar-refractivity contribution < 1.29 is 30.6 Å². The van der Waals surface area contributed by atoms with Crippen molar-refractivity contribution in [3.05, 3.63) is 106 Å². The number of hydrogen-bond donors (Lipinski definition) is 6. The molecule has 0 saturated heterocycles. The van der Waals surface area contributed by atoms with Crippen LogP contribution in [0.25, 0.3) is 0 Å². The van der Waals surface area contributed by atoms with Gasteiger partial charge >= 0.3 is 0 Å². The molecule has 170 valence electrons. The van der Waals surface area contributed by atoms with Crippen LogP contribution < -0.4 is 0 Å². The molecule has 4 aromatic rings. The molecule has 2 aliphatic rings. The van der Waals surface area contributed by atoms with Gasteiger partial charge in [0.25, 0.3) is 0 Å². The molecular weight excluding hydrogens is 432 g/mol. The molecule has 6 rings (SSSR count). The summed E-state index contributed by atoms with van der Waals surface area (Å²) in [6, 6.07) is 19.6. The fourth-order valence-corrected chi connectivity index (χ4v) is 6.15. The Bertz CT molecular complexity index is 1430. The lowest BCUT2D eigenvalue weighted by Gasteiger charge is -2.40. The maximum Gasteiger partial charge on any atom is 0.123 e. The zero-order chi connectivity index (χ0) is 23.7. The Kier molecular flexibility index (Phi) is 4.23. The maximum absolute atomic E-state index is 11.0. The fraction of sp³-hybridized carbons (Fsp3) is 0.143. The Morgan fingerprint density at radius 1 is 0.412 bits per heavy atom. The number of phenols is 6. The molecule has 0 saturated carbocycles. The van der Waals surface area contributed by atoms with Gasteiger partial charge in [-0.3, -0.25) is 0 Å². The highest BCUT2D eigenvalue weighted by atomic mass is 16.3. The molecule has 0 radical (unpaired) electrons. The SMILES string of the molecule is Oc1ccc(C2[C@@H]3c4cc(O)cc(O)c4[C@H](c4ccc(O)cc4)[C@H]2c2cc(O)cc(O)c23)cc1. The van der Waals surface area contributed by atoms with Crippen LogP contribution in [0.3, 0.4) is 0 Å². The van der Waals surface area contributed by atoms with Gasteiger partial charge in [-0.2, -0.15) is 0 Å². The van der Waals surface area contributed by atoms with Crippen LogP contribution in [-0.4, -0.2) is 30.6 Å². The first-order chi connectivity index (χ1) is 16.3. The van der Waals surface area contributed by atoms with E-state index in [1.807, 2.05) is 12.1 Å². The number of benzene rings is 4. The highest BCUT2D eigenvalue weighted by Crippen LogP contribution is 2.68. The summed E-state index contributed by atoms with van der Waals surface area (Å²) in [5.74, 6) is -1.29. The van der Waals surface area contributed by atoms with Crippen LogP contribution in [0.1, 0.15) is 57.1 Å². The largest absolute Gasteiger partial charge is 0.508 e. The topological polar surface area (TPSA) is 121 Å². The van der Waals surface area contributed by atoms with Crippen molar-refractivity contribution in [2.24, 2.45) is 0 Å². The summed E-state index contributed by atoms with van der Waals surface area (Å²) in [5, 5.41) is 62.6. The Morgan fingerprint density at radius 2 is 0.882 bits per heavy atom. The third-order valence-electron chi connectivity index (χ3n) is 7.30. The van der Waals surface area contributed by atoms with Crippen molar-refractivity contribution in [3.8, 4) is 34.5 Å². The molecule has 0 heterocycles. The van der Waals surface area contributed by atoms with E-state index in [1.54, 1.807) is 48.5 Å². The van der Waals surface area contributed by atoms with Gasteiger partial charge in [0.2, 0.25) is 0 Å². The standard InChI is InChI=1S/C28H22O6/c29-15-5-1-13(2-6-15)23-25-19(9-17(31)11-21(25)33)28-24(14-3-7-16(30)8-4-14)27(23)20-10-18(32)12-22(34)26(20)28/h1-12,23-24,27-34H/t23-,24?,27+,28-/m0/s1. The number of rotatable bonds is 2. The van der Waals surface area contributed by atoms with E-state index >= 15 is 0 Å². The molecule has 4 atom stereocenters. The Labute approximate surface area is 195 Å².